The van der Waals surface area contributed by atoms with Crippen molar-refractivity contribution in [2.45, 2.75) is 19.4 Å². The van der Waals surface area contributed by atoms with Gasteiger partial charge in [0, 0.05) is 17.7 Å². The molecule has 0 bridgehead atoms. The van der Waals surface area contributed by atoms with Crippen molar-refractivity contribution in [1.29, 1.82) is 0 Å². The van der Waals surface area contributed by atoms with Crippen LogP contribution in [-0.2, 0) is 6.42 Å². The number of benzene rings is 2. The third kappa shape index (κ3) is 4.10. The molecule has 0 radical (unpaired) electrons. The smallest absolute Gasteiger partial charge is 0.272 e. The minimum atomic E-state index is -0.370. The van der Waals surface area contributed by atoms with E-state index in [0.717, 1.165) is 5.56 Å². The van der Waals surface area contributed by atoms with Crippen LogP contribution in [0.3, 0.4) is 0 Å². The number of hydrogen-bond donors (Lipinski definition) is 1. The quantitative estimate of drug-likeness (QED) is 0.652. The summed E-state index contributed by atoms with van der Waals surface area (Å²) in [4.78, 5) is 10.6. The van der Waals surface area contributed by atoms with E-state index in [1.807, 2.05) is 13.0 Å². The van der Waals surface area contributed by atoms with E-state index in [4.69, 9.17) is 0 Å². The third-order valence-electron chi connectivity index (χ3n) is 3.38. The molecule has 2 aromatic rings. The van der Waals surface area contributed by atoms with Crippen LogP contribution in [-0.4, -0.2) is 11.5 Å². The van der Waals surface area contributed by atoms with E-state index >= 15 is 0 Å². The number of hydrogen-bond acceptors (Lipinski definition) is 3. The molecule has 0 aliphatic rings. The number of nitrogens with zero attached hydrogens (tertiary/aromatic N) is 1. The number of rotatable bonds is 6. The van der Waals surface area contributed by atoms with Crippen LogP contribution in [0.1, 0.15) is 24.1 Å². The minimum Gasteiger partial charge on any atom is -0.310 e. The van der Waals surface area contributed by atoms with Gasteiger partial charge in [-0.3, -0.25) is 10.1 Å². The molecule has 0 aliphatic heterocycles. The Morgan fingerprint density at radius 3 is 2.71 bits per heavy atom. The molecule has 0 saturated heterocycles. The highest BCUT2D eigenvalue weighted by atomic mass is 19.1. The molecule has 110 valence electrons. The fourth-order valence-corrected chi connectivity index (χ4v) is 2.22. The molecule has 0 aliphatic carbocycles. The molecular formula is C16H17FN2O2. The second-order valence-corrected chi connectivity index (χ2v) is 4.87. The van der Waals surface area contributed by atoms with Gasteiger partial charge in [-0.25, -0.2) is 4.39 Å². The van der Waals surface area contributed by atoms with E-state index in [1.54, 1.807) is 24.3 Å². The van der Waals surface area contributed by atoms with Crippen LogP contribution >= 0.6 is 0 Å². The predicted molar refractivity (Wildman–Crippen MR) is 79.6 cm³/mol. The van der Waals surface area contributed by atoms with Gasteiger partial charge in [0.25, 0.3) is 5.69 Å². The van der Waals surface area contributed by atoms with Crippen molar-refractivity contribution >= 4 is 5.69 Å². The van der Waals surface area contributed by atoms with Gasteiger partial charge >= 0.3 is 0 Å². The lowest BCUT2D eigenvalue weighted by Gasteiger charge is -2.14. The van der Waals surface area contributed by atoms with Gasteiger partial charge in [-0.05, 0) is 37.6 Å². The van der Waals surface area contributed by atoms with E-state index < -0.39 is 0 Å². The Morgan fingerprint density at radius 2 is 2.00 bits per heavy atom. The van der Waals surface area contributed by atoms with Gasteiger partial charge in [-0.15, -0.1) is 0 Å². The number of nitro benzene ring substituents is 1. The van der Waals surface area contributed by atoms with Gasteiger partial charge in [-0.1, -0.05) is 30.3 Å². The summed E-state index contributed by atoms with van der Waals surface area (Å²) in [6, 6.07) is 13.1. The van der Waals surface area contributed by atoms with Crippen LogP contribution in [0, 0.1) is 15.9 Å². The van der Waals surface area contributed by atoms with Gasteiger partial charge in [0.15, 0.2) is 0 Å². The zero-order valence-corrected chi connectivity index (χ0v) is 11.8. The van der Waals surface area contributed by atoms with Gasteiger partial charge < -0.3 is 5.32 Å². The maximum atomic E-state index is 13.2. The first kappa shape index (κ1) is 15.1. The molecule has 2 rings (SSSR count). The van der Waals surface area contributed by atoms with Crippen LogP contribution in [0.15, 0.2) is 48.5 Å². The Morgan fingerprint density at radius 1 is 1.24 bits per heavy atom. The molecular weight excluding hydrogens is 271 g/mol. The summed E-state index contributed by atoms with van der Waals surface area (Å²) in [6.07, 6.45) is 0.552. The minimum absolute atomic E-state index is 0.0107. The van der Waals surface area contributed by atoms with E-state index in [-0.39, 0.29) is 22.5 Å². The maximum Gasteiger partial charge on any atom is 0.272 e. The average Bonchev–Trinajstić information content (AvgIpc) is 2.47. The summed E-state index contributed by atoms with van der Waals surface area (Å²) >= 11 is 0. The van der Waals surface area contributed by atoms with E-state index in [0.29, 0.717) is 18.5 Å². The topological polar surface area (TPSA) is 55.2 Å². The third-order valence-corrected chi connectivity index (χ3v) is 3.38. The Bertz CT molecular complexity index is 631. The number of nitro groups is 1. The van der Waals surface area contributed by atoms with Gasteiger partial charge in [-0.2, -0.15) is 0 Å². The molecule has 4 nitrogen and oxygen atoms in total. The molecule has 1 N–H and O–H groups in total. The number of nitrogens with one attached hydrogen (secondary N) is 1. The van der Waals surface area contributed by atoms with Crippen molar-refractivity contribution in [3.05, 3.63) is 75.6 Å². The SMILES string of the molecule is CC(NCCc1ccccc1[N+](=O)[O-])c1cccc(F)c1. The summed E-state index contributed by atoms with van der Waals surface area (Å²) in [5.74, 6) is -0.264. The van der Waals surface area contributed by atoms with Crippen molar-refractivity contribution in [2.75, 3.05) is 6.54 Å². The highest BCUT2D eigenvalue weighted by Gasteiger charge is 2.12. The van der Waals surface area contributed by atoms with Crippen molar-refractivity contribution in [3.8, 4) is 0 Å². The first-order valence-corrected chi connectivity index (χ1v) is 6.79. The fraction of sp³-hybridized carbons (Fsp3) is 0.250. The molecule has 1 atom stereocenters. The van der Waals surface area contributed by atoms with Crippen LogP contribution in [0.4, 0.5) is 10.1 Å². The van der Waals surface area contributed by atoms with Crippen molar-refractivity contribution in [1.82, 2.24) is 5.32 Å². The Hall–Kier alpha value is -2.27. The molecule has 2 aromatic carbocycles. The molecule has 0 spiro atoms. The summed E-state index contributed by atoms with van der Waals surface area (Å²) in [5.41, 5.74) is 1.69. The zero-order chi connectivity index (χ0) is 15.2. The second-order valence-electron chi connectivity index (χ2n) is 4.87. The molecule has 0 fully saturated rings. The van der Waals surface area contributed by atoms with E-state index in [1.165, 1.54) is 18.2 Å². The Labute approximate surface area is 122 Å². The van der Waals surface area contributed by atoms with E-state index in [2.05, 4.69) is 5.32 Å². The maximum absolute atomic E-state index is 13.2. The second kappa shape index (κ2) is 6.95. The lowest BCUT2D eigenvalue weighted by atomic mass is 10.1. The standard InChI is InChI=1S/C16H17FN2O2/c1-12(14-6-4-7-15(17)11-14)18-10-9-13-5-2-3-8-16(13)19(20)21/h2-8,11-12,18H,9-10H2,1H3. The average molecular weight is 288 g/mol. The summed E-state index contributed by atoms with van der Waals surface area (Å²) in [5, 5.41) is 14.2. The highest BCUT2D eigenvalue weighted by Crippen LogP contribution is 2.18. The highest BCUT2D eigenvalue weighted by molar-refractivity contribution is 5.39. The molecule has 0 saturated carbocycles. The lowest BCUT2D eigenvalue weighted by molar-refractivity contribution is -0.385. The van der Waals surface area contributed by atoms with Gasteiger partial charge in [0.05, 0.1) is 4.92 Å². The summed E-state index contributed by atoms with van der Waals surface area (Å²) < 4.78 is 13.2. The molecule has 5 heteroatoms. The summed E-state index contributed by atoms with van der Waals surface area (Å²) in [7, 11) is 0. The van der Waals surface area contributed by atoms with Crippen LogP contribution < -0.4 is 5.32 Å². The lowest BCUT2D eigenvalue weighted by Crippen LogP contribution is -2.21. The zero-order valence-electron chi connectivity index (χ0n) is 11.8. The first-order chi connectivity index (χ1) is 10.1. The molecule has 0 heterocycles. The molecule has 0 aromatic heterocycles. The molecule has 1 unspecified atom stereocenters. The summed E-state index contributed by atoms with van der Waals surface area (Å²) in [6.45, 7) is 2.52. The number of para-hydroxylation sites is 1. The van der Waals surface area contributed by atoms with Crippen molar-refractivity contribution in [2.24, 2.45) is 0 Å². The number of halogens is 1. The Balaban J connectivity index is 1.94. The van der Waals surface area contributed by atoms with Crippen molar-refractivity contribution in [3.63, 3.8) is 0 Å². The molecule has 21 heavy (non-hydrogen) atoms. The molecule has 0 amide bonds. The van der Waals surface area contributed by atoms with Gasteiger partial charge in [0.1, 0.15) is 5.82 Å². The monoisotopic (exact) mass is 288 g/mol. The van der Waals surface area contributed by atoms with Crippen LogP contribution in [0.2, 0.25) is 0 Å². The van der Waals surface area contributed by atoms with Gasteiger partial charge in [0.2, 0.25) is 0 Å². The van der Waals surface area contributed by atoms with E-state index in [9.17, 15) is 14.5 Å². The predicted octanol–water partition coefficient (Wildman–Crippen LogP) is 3.63. The fourth-order valence-electron chi connectivity index (χ4n) is 2.22. The van der Waals surface area contributed by atoms with Crippen LogP contribution in [0.25, 0.3) is 0 Å². The normalized spacial score (nSPS) is 12.1. The Kier molecular flexibility index (Phi) is 5.00. The van der Waals surface area contributed by atoms with Crippen molar-refractivity contribution < 1.29 is 9.31 Å². The largest absolute Gasteiger partial charge is 0.310 e. The van der Waals surface area contributed by atoms with Crippen LogP contribution in [0.5, 0.6) is 0 Å². The first-order valence-electron chi connectivity index (χ1n) is 6.79.